The van der Waals surface area contributed by atoms with Crippen molar-refractivity contribution in [2.24, 2.45) is 4.99 Å². The zero-order valence-corrected chi connectivity index (χ0v) is 16.9. The number of hydrogen-bond donors (Lipinski definition) is 0. The van der Waals surface area contributed by atoms with Crippen molar-refractivity contribution in [3.05, 3.63) is 58.4 Å². The number of ether oxygens (including phenoxy) is 2. The summed E-state index contributed by atoms with van der Waals surface area (Å²) in [7, 11) is 1.32. The summed E-state index contributed by atoms with van der Waals surface area (Å²) in [5.74, 6) is -0.00324. The summed E-state index contributed by atoms with van der Waals surface area (Å²) in [4.78, 5) is 29.2. The predicted molar refractivity (Wildman–Crippen MR) is 109 cm³/mol. The number of aromatic nitrogens is 1. The highest BCUT2D eigenvalue weighted by Gasteiger charge is 2.13. The summed E-state index contributed by atoms with van der Waals surface area (Å²) >= 11 is 1.46. The van der Waals surface area contributed by atoms with Crippen LogP contribution in [0.25, 0.3) is 10.2 Å². The minimum atomic E-state index is -0.440. The molecule has 0 aliphatic rings. The largest absolute Gasteiger partial charge is 0.492 e. The minimum Gasteiger partial charge on any atom is -0.492 e. The Morgan fingerprint density at radius 2 is 1.79 bits per heavy atom. The zero-order valence-electron chi connectivity index (χ0n) is 16.1. The number of fused-ring (bicyclic) bond motifs is 1. The lowest BCUT2D eigenvalue weighted by Crippen LogP contribution is -2.17. The van der Waals surface area contributed by atoms with Crippen molar-refractivity contribution < 1.29 is 19.1 Å². The highest BCUT2D eigenvalue weighted by Crippen LogP contribution is 2.28. The molecule has 3 rings (SSSR count). The molecule has 1 aromatic heterocycles. The van der Waals surface area contributed by atoms with Gasteiger partial charge in [-0.3, -0.25) is 4.79 Å². The van der Waals surface area contributed by atoms with Gasteiger partial charge in [0, 0.05) is 12.1 Å². The van der Waals surface area contributed by atoms with E-state index in [1.54, 1.807) is 24.3 Å². The van der Waals surface area contributed by atoms with Crippen molar-refractivity contribution in [3.8, 4) is 5.75 Å². The molecule has 146 valence electrons. The third-order valence-corrected chi connectivity index (χ3v) is 5.20. The van der Waals surface area contributed by atoms with Gasteiger partial charge in [0.05, 0.1) is 24.0 Å². The molecule has 28 heavy (non-hydrogen) atoms. The summed E-state index contributed by atoms with van der Waals surface area (Å²) < 4.78 is 13.5. The summed E-state index contributed by atoms with van der Waals surface area (Å²) in [5, 5.41) is 0. The van der Waals surface area contributed by atoms with E-state index in [4.69, 9.17) is 4.74 Å². The van der Waals surface area contributed by atoms with E-state index in [1.807, 2.05) is 29.7 Å². The number of para-hydroxylation sites is 1. The lowest BCUT2D eigenvalue weighted by Gasteiger charge is -2.08. The van der Waals surface area contributed by atoms with Gasteiger partial charge in [0.25, 0.3) is 5.91 Å². The number of aryl methyl sites for hydroxylation is 1. The molecule has 1 heterocycles. The first kappa shape index (κ1) is 19.8. The second-order valence-corrected chi connectivity index (χ2v) is 7.07. The maximum atomic E-state index is 12.7. The lowest BCUT2D eigenvalue weighted by atomic mass is 10.1. The molecule has 1 amide bonds. The topological polar surface area (TPSA) is 69.9 Å². The third kappa shape index (κ3) is 3.99. The van der Waals surface area contributed by atoms with E-state index in [9.17, 15) is 9.59 Å². The molecule has 0 spiro atoms. The highest BCUT2D eigenvalue weighted by molar-refractivity contribution is 7.16. The van der Waals surface area contributed by atoms with Crippen LogP contribution in [0.3, 0.4) is 0 Å². The molecule has 0 N–H and O–H groups in total. The van der Waals surface area contributed by atoms with Gasteiger partial charge in [0.1, 0.15) is 11.3 Å². The second-order valence-electron chi connectivity index (χ2n) is 6.06. The molecule has 0 atom stereocenters. The molecule has 0 radical (unpaired) electrons. The molecule has 0 saturated carbocycles. The predicted octanol–water partition coefficient (Wildman–Crippen LogP) is 4.04. The Hall–Kier alpha value is -2.93. The summed E-state index contributed by atoms with van der Waals surface area (Å²) in [5.41, 5.74) is 1.77. The number of amides is 1. The molecule has 0 saturated heterocycles. The number of esters is 1. The van der Waals surface area contributed by atoms with Gasteiger partial charge in [-0.15, -0.1) is 0 Å². The van der Waals surface area contributed by atoms with Crippen LogP contribution in [0.1, 0.15) is 41.0 Å². The Morgan fingerprint density at radius 1 is 1.07 bits per heavy atom. The van der Waals surface area contributed by atoms with Crippen molar-refractivity contribution in [1.29, 1.82) is 0 Å². The Bertz CT molecular complexity index is 1060. The summed E-state index contributed by atoms with van der Waals surface area (Å²) in [6.07, 6.45) is 0.904. The first-order chi connectivity index (χ1) is 13.6. The molecule has 0 unspecified atom stereocenters. The number of nitrogens with zero attached hydrogens (tertiary/aromatic N) is 2. The van der Waals surface area contributed by atoms with Crippen LogP contribution in [0.15, 0.2) is 47.5 Å². The van der Waals surface area contributed by atoms with Gasteiger partial charge in [-0.05, 0) is 49.7 Å². The van der Waals surface area contributed by atoms with Gasteiger partial charge >= 0.3 is 5.97 Å². The van der Waals surface area contributed by atoms with Gasteiger partial charge < -0.3 is 14.0 Å². The Morgan fingerprint density at radius 3 is 2.43 bits per heavy atom. The van der Waals surface area contributed by atoms with E-state index in [2.05, 4.69) is 16.7 Å². The number of benzene rings is 2. The van der Waals surface area contributed by atoms with Crippen LogP contribution in [0.5, 0.6) is 5.75 Å². The van der Waals surface area contributed by atoms with Crippen LogP contribution in [0, 0.1) is 0 Å². The number of rotatable bonds is 6. The molecular weight excluding hydrogens is 376 g/mol. The fourth-order valence-corrected chi connectivity index (χ4v) is 3.98. The molecule has 0 bridgehead atoms. The number of methoxy groups -OCH3 is 1. The van der Waals surface area contributed by atoms with E-state index < -0.39 is 5.97 Å². The quantitative estimate of drug-likeness (QED) is 0.588. The second kappa shape index (κ2) is 8.84. The minimum absolute atomic E-state index is 0.356. The molecule has 0 aliphatic carbocycles. The van der Waals surface area contributed by atoms with Crippen molar-refractivity contribution in [1.82, 2.24) is 4.57 Å². The molecule has 0 fully saturated rings. The Balaban J connectivity index is 2.05. The van der Waals surface area contributed by atoms with Gasteiger partial charge in [-0.1, -0.05) is 24.3 Å². The lowest BCUT2D eigenvalue weighted by molar-refractivity contribution is 0.0600. The molecule has 0 aliphatic heterocycles. The maximum Gasteiger partial charge on any atom is 0.337 e. The number of carbonyl (C=O) groups is 2. The molecular formula is C21H22N2O4S. The maximum absolute atomic E-state index is 12.7. The average molecular weight is 398 g/mol. The molecule has 2 aromatic carbocycles. The number of carbonyl (C=O) groups excluding carboxylic acids is 2. The van der Waals surface area contributed by atoms with Gasteiger partial charge in [-0.25, -0.2) is 4.79 Å². The van der Waals surface area contributed by atoms with E-state index in [0.29, 0.717) is 22.5 Å². The summed E-state index contributed by atoms with van der Waals surface area (Å²) in [6.45, 7) is 5.33. The van der Waals surface area contributed by atoms with Crippen LogP contribution >= 0.6 is 11.3 Å². The van der Waals surface area contributed by atoms with E-state index in [1.165, 1.54) is 18.4 Å². The normalized spacial score (nSPS) is 11.6. The Labute approximate surface area is 167 Å². The summed E-state index contributed by atoms with van der Waals surface area (Å²) in [6, 6.07) is 12.2. The van der Waals surface area contributed by atoms with Crippen molar-refractivity contribution in [2.45, 2.75) is 26.8 Å². The SMILES string of the molecule is CCCn1c(=NC(=O)c2ccc(C(=O)OC)cc2)sc2cccc(OCC)c21. The number of thiazole rings is 1. The van der Waals surface area contributed by atoms with E-state index in [-0.39, 0.29) is 5.91 Å². The van der Waals surface area contributed by atoms with Crippen molar-refractivity contribution in [2.75, 3.05) is 13.7 Å². The molecule has 3 aromatic rings. The highest BCUT2D eigenvalue weighted by atomic mass is 32.1. The molecule has 7 heteroatoms. The average Bonchev–Trinajstić information content (AvgIpc) is 3.06. The smallest absolute Gasteiger partial charge is 0.337 e. The fourth-order valence-electron chi connectivity index (χ4n) is 2.90. The van der Waals surface area contributed by atoms with Crippen LogP contribution in [0.4, 0.5) is 0 Å². The van der Waals surface area contributed by atoms with E-state index in [0.717, 1.165) is 28.9 Å². The van der Waals surface area contributed by atoms with Gasteiger partial charge in [0.15, 0.2) is 4.80 Å². The monoisotopic (exact) mass is 398 g/mol. The standard InChI is InChI=1S/C21H22N2O4S/c1-4-13-23-18-16(27-5-2)7-6-8-17(18)28-21(23)22-19(24)14-9-11-15(12-10-14)20(25)26-3/h6-12H,4-5,13H2,1-3H3. The van der Waals surface area contributed by atoms with Gasteiger partial charge in [0.2, 0.25) is 0 Å². The van der Waals surface area contributed by atoms with E-state index >= 15 is 0 Å². The van der Waals surface area contributed by atoms with Crippen LogP contribution in [-0.2, 0) is 11.3 Å². The van der Waals surface area contributed by atoms with Crippen molar-refractivity contribution >= 4 is 33.4 Å². The molecule has 6 nitrogen and oxygen atoms in total. The first-order valence-corrected chi connectivity index (χ1v) is 9.93. The number of hydrogen-bond acceptors (Lipinski definition) is 5. The van der Waals surface area contributed by atoms with Gasteiger partial charge in [-0.2, -0.15) is 4.99 Å². The van der Waals surface area contributed by atoms with Crippen LogP contribution in [-0.4, -0.2) is 30.2 Å². The van der Waals surface area contributed by atoms with Crippen LogP contribution in [0.2, 0.25) is 0 Å². The fraction of sp³-hybridized carbons (Fsp3) is 0.286. The zero-order chi connectivity index (χ0) is 20.1. The van der Waals surface area contributed by atoms with Crippen LogP contribution < -0.4 is 9.54 Å². The first-order valence-electron chi connectivity index (χ1n) is 9.11. The van der Waals surface area contributed by atoms with Crippen molar-refractivity contribution in [3.63, 3.8) is 0 Å². The Kier molecular flexibility index (Phi) is 6.26. The third-order valence-electron chi connectivity index (χ3n) is 4.16.